The van der Waals surface area contributed by atoms with Crippen molar-refractivity contribution in [2.75, 3.05) is 6.61 Å². The highest BCUT2D eigenvalue weighted by molar-refractivity contribution is 5.73. The minimum atomic E-state index is 0.558. The van der Waals surface area contributed by atoms with Gasteiger partial charge in [0.25, 0.3) is 0 Å². The molecule has 0 N–H and O–H groups in total. The molecule has 1 heterocycles. The second-order valence-corrected chi connectivity index (χ2v) is 3.85. The van der Waals surface area contributed by atoms with Crippen molar-refractivity contribution >= 4 is 5.57 Å². The van der Waals surface area contributed by atoms with Gasteiger partial charge in [-0.25, -0.2) is 0 Å². The Morgan fingerprint density at radius 3 is 3.14 bits per heavy atom. The van der Waals surface area contributed by atoms with E-state index in [-0.39, 0.29) is 0 Å². The Morgan fingerprint density at radius 1 is 1.21 bits per heavy atom. The second kappa shape index (κ2) is 3.02. The molecule has 70 valence electrons. The van der Waals surface area contributed by atoms with Crippen molar-refractivity contribution in [3.8, 4) is 5.75 Å². The van der Waals surface area contributed by atoms with Crippen LogP contribution in [0.2, 0.25) is 0 Å². The maximum Gasteiger partial charge on any atom is 0.126 e. The molecule has 0 amide bonds. The Balaban J connectivity index is 2.16. The largest absolute Gasteiger partial charge is 0.492 e. The van der Waals surface area contributed by atoms with Gasteiger partial charge in [0.1, 0.15) is 5.75 Å². The normalized spacial score (nSPS) is 23.1. The van der Waals surface area contributed by atoms with E-state index in [9.17, 15) is 0 Å². The molecule has 2 aliphatic rings. The van der Waals surface area contributed by atoms with Crippen LogP contribution >= 0.6 is 0 Å². The Hall–Kier alpha value is -1.50. The van der Waals surface area contributed by atoms with Gasteiger partial charge in [0.2, 0.25) is 0 Å². The van der Waals surface area contributed by atoms with Gasteiger partial charge >= 0.3 is 0 Å². The van der Waals surface area contributed by atoms with Crippen molar-refractivity contribution in [3.63, 3.8) is 0 Å². The lowest BCUT2D eigenvalue weighted by Gasteiger charge is -2.12. The van der Waals surface area contributed by atoms with E-state index in [0.717, 1.165) is 18.8 Å². The quantitative estimate of drug-likeness (QED) is 0.602. The summed E-state index contributed by atoms with van der Waals surface area (Å²) in [6.45, 7) is 0.810. The van der Waals surface area contributed by atoms with Crippen LogP contribution in [0.15, 0.2) is 42.5 Å². The molecule has 1 aliphatic heterocycles. The molecule has 1 aliphatic carbocycles. The molecular weight excluding hydrogens is 172 g/mol. The fourth-order valence-electron chi connectivity index (χ4n) is 2.12. The summed E-state index contributed by atoms with van der Waals surface area (Å²) in [7, 11) is 0. The third-order valence-electron chi connectivity index (χ3n) is 2.85. The van der Waals surface area contributed by atoms with Gasteiger partial charge in [0, 0.05) is 11.5 Å². The van der Waals surface area contributed by atoms with E-state index < -0.39 is 0 Å². The number of rotatable bonds is 0. The Labute approximate surface area is 83.7 Å². The zero-order valence-corrected chi connectivity index (χ0v) is 7.94. The number of allylic oxidation sites excluding steroid dienone is 3. The van der Waals surface area contributed by atoms with Crippen molar-refractivity contribution in [2.24, 2.45) is 5.92 Å². The molecule has 1 unspecified atom stereocenters. The lowest BCUT2D eigenvalue weighted by Crippen LogP contribution is -2.08. The van der Waals surface area contributed by atoms with Gasteiger partial charge < -0.3 is 4.74 Å². The minimum Gasteiger partial charge on any atom is -0.492 e. The number of benzene rings is 1. The van der Waals surface area contributed by atoms with Crippen molar-refractivity contribution < 1.29 is 4.74 Å². The van der Waals surface area contributed by atoms with Gasteiger partial charge in [-0.2, -0.15) is 0 Å². The lowest BCUT2D eigenvalue weighted by molar-refractivity contribution is 0.283. The highest BCUT2D eigenvalue weighted by Gasteiger charge is 2.20. The summed E-state index contributed by atoms with van der Waals surface area (Å²) >= 11 is 0. The van der Waals surface area contributed by atoms with Crippen LogP contribution in [0.4, 0.5) is 0 Å². The summed E-state index contributed by atoms with van der Waals surface area (Å²) in [5.41, 5.74) is 2.67. The van der Waals surface area contributed by atoms with Gasteiger partial charge in [0.05, 0.1) is 6.61 Å². The molecule has 0 spiro atoms. The van der Waals surface area contributed by atoms with E-state index >= 15 is 0 Å². The van der Waals surface area contributed by atoms with Crippen LogP contribution in [-0.4, -0.2) is 6.61 Å². The van der Waals surface area contributed by atoms with Gasteiger partial charge in [-0.3, -0.25) is 0 Å². The standard InChI is InChI=1S/C13H12O/c1-2-7-13-12(6-1)11-5-3-4-10(8-11)9-14-13/h1-7,10H,8-9H2. The minimum absolute atomic E-state index is 0.558. The van der Waals surface area contributed by atoms with Crippen molar-refractivity contribution in [1.82, 2.24) is 0 Å². The summed E-state index contributed by atoms with van der Waals surface area (Å²) in [6, 6.07) is 8.30. The first kappa shape index (κ1) is 7.86. The molecule has 2 bridgehead atoms. The number of ether oxygens (including phenoxy) is 1. The van der Waals surface area contributed by atoms with Crippen LogP contribution in [-0.2, 0) is 0 Å². The van der Waals surface area contributed by atoms with Gasteiger partial charge in [-0.1, -0.05) is 36.4 Å². The number of para-hydroxylation sites is 1. The first-order valence-corrected chi connectivity index (χ1v) is 5.03. The average Bonchev–Trinajstić information content (AvgIpc) is 2.38. The Morgan fingerprint density at radius 2 is 2.14 bits per heavy atom. The third kappa shape index (κ3) is 1.17. The monoisotopic (exact) mass is 184 g/mol. The molecule has 1 nitrogen and oxygen atoms in total. The highest BCUT2D eigenvalue weighted by atomic mass is 16.5. The van der Waals surface area contributed by atoms with Crippen molar-refractivity contribution in [3.05, 3.63) is 48.1 Å². The summed E-state index contributed by atoms with van der Waals surface area (Å²) < 4.78 is 5.77. The fraction of sp³-hybridized carbons (Fsp3) is 0.231. The summed E-state index contributed by atoms with van der Waals surface area (Å²) in [6.07, 6.45) is 7.70. The summed E-state index contributed by atoms with van der Waals surface area (Å²) in [5, 5.41) is 0. The zero-order valence-electron chi connectivity index (χ0n) is 7.94. The van der Waals surface area contributed by atoms with E-state index in [1.54, 1.807) is 0 Å². The van der Waals surface area contributed by atoms with Crippen LogP contribution in [0.3, 0.4) is 0 Å². The molecule has 0 fully saturated rings. The smallest absolute Gasteiger partial charge is 0.126 e. The van der Waals surface area contributed by atoms with Gasteiger partial charge in [-0.15, -0.1) is 0 Å². The topological polar surface area (TPSA) is 9.23 Å². The molecule has 1 heteroatoms. The Bertz CT molecular complexity index is 415. The molecule has 1 aromatic rings. The molecule has 0 radical (unpaired) electrons. The zero-order chi connectivity index (χ0) is 9.38. The van der Waals surface area contributed by atoms with E-state index in [2.05, 4.69) is 36.4 Å². The maximum atomic E-state index is 5.77. The number of hydrogen-bond acceptors (Lipinski definition) is 1. The molecule has 1 aromatic carbocycles. The van der Waals surface area contributed by atoms with E-state index in [1.165, 1.54) is 11.1 Å². The SMILES string of the molecule is C1=CC2COc3ccccc3C(=C1)C2. The predicted octanol–water partition coefficient (Wildman–Crippen LogP) is 3.04. The van der Waals surface area contributed by atoms with E-state index in [4.69, 9.17) is 4.74 Å². The van der Waals surface area contributed by atoms with Crippen LogP contribution in [0.5, 0.6) is 5.75 Å². The molecule has 0 saturated carbocycles. The second-order valence-electron chi connectivity index (χ2n) is 3.85. The van der Waals surface area contributed by atoms with E-state index in [1.807, 2.05) is 6.07 Å². The Kier molecular flexibility index (Phi) is 1.69. The molecule has 14 heavy (non-hydrogen) atoms. The highest BCUT2D eigenvalue weighted by Crippen LogP contribution is 2.36. The van der Waals surface area contributed by atoms with Crippen LogP contribution in [0.1, 0.15) is 12.0 Å². The van der Waals surface area contributed by atoms with Crippen LogP contribution < -0.4 is 4.74 Å². The van der Waals surface area contributed by atoms with E-state index in [0.29, 0.717) is 5.92 Å². The molecule has 3 rings (SSSR count). The molecule has 0 saturated heterocycles. The lowest BCUT2D eigenvalue weighted by atomic mass is 9.91. The van der Waals surface area contributed by atoms with Gasteiger partial charge in [0.15, 0.2) is 0 Å². The maximum absolute atomic E-state index is 5.77. The third-order valence-corrected chi connectivity index (χ3v) is 2.85. The number of fused-ring (bicyclic) bond motifs is 4. The summed E-state index contributed by atoms with van der Waals surface area (Å²) in [5.74, 6) is 1.59. The molecular formula is C13H12O. The summed E-state index contributed by atoms with van der Waals surface area (Å²) in [4.78, 5) is 0. The first-order valence-electron chi connectivity index (χ1n) is 5.03. The van der Waals surface area contributed by atoms with Crippen LogP contribution in [0, 0.1) is 5.92 Å². The van der Waals surface area contributed by atoms with Crippen molar-refractivity contribution in [2.45, 2.75) is 6.42 Å². The fourth-order valence-corrected chi connectivity index (χ4v) is 2.12. The average molecular weight is 184 g/mol. The van der Waals surface area contributed by atoms with Crippen LogP contribution in [0.25, 0.3) is 5.57 Å². The predicted molar refractivity (Wildman–Crippen MR) is 57.2 cm³/mol. The molecule has 1 atom stereocenters. The van der Waals surface area contributed by atoms with Gasteiger partial charge in [-0.05, 0) is 18.1 Å². The first-order chi connectivity index (χ1) is 6.93. The molecule has 0 aromatic heterocycles. The van der Waals surface area contributed by atoms with Crippen molar-refractivity contribution in [1.29, 1.82) is 0 Å². The number of hydrogen-bond donors (Lipinski definition) is 0.